The van der Waals surface area contributed by atoms with Crippen molar-refractivity contribution >= 4 is 24.2 Å². The van der Waals surface area contributed by atoms with Crippen LogP contribution in [0, 0.1) is 0 Å². The Bertz CT molecular complexity index is 447. The van der Waals surface area contributed by atoms with Crippen molar-refractivity contribution in [3.8, 4) is 0 Å². The predicted molar refractivity (Wildman–Crippen MR) is 78.6 cm³/mol. The molecule has 0 N–H and O–H groups in total. The molecule has 18 heavy (non-hydrogen) atoms. The van der Waals surface area contributed by atoms with Gasteiger partial charge in [0, 0.05) is 31.6 Å². The van der Waals surface area contributed by atoms with Crippen molar-refractivity contribution in [2.75, 3.05) is 37.8 Å². The average Bonchev–Trinajstić information content (AvgIpc) is 2.63. The molecule has 98 valence electrons. The van der Waals surface area contributed by atoms with Crippen LogP contribution in [-0.2, 0) is 17.6 Å². The summed E-state index contributed by atoms with van der Waals surface area (Å²) in [7, 11) is 3.95. The van der Waals surface area contributed by atoms with Gasteiger partial charge in [0.05, 0.1) is 6.42 Å². The maximum absolute atomic E-state index is 11.6. The summed E-state index contributed by atoms with van der Waals surface area (Å²) in [5, 5.41) is 0. The summed E-state index contributed by atoms with van der Waals surface area (Å²) in [5.74, 6) is 1.08. The van der Waals surface area contributed by atoms with Crippen LogP contribution in [0.15, 0.2) is 18.2 Å². The quantitative estimate of drug-likeness (QED) is 0.817. The smallest absolute Gasteiger partial charge is 0.231 e. The number of fused-ring (bicyclic) bond motifs is 1. The molecule has 2 rings (SSSR count). The highest BCUT2D eigenvalue weighted by Crippen LogP contribution is 2.28. The lowest BCUT2D eigenvalue weighted by Gasteiger charge is -2.15. The van der Waals surface area contributed by atoms with E-state index in [1.165, 1.54) is 5.56 Å². The van der Waals surface area contributed by atoms with E-state index in [1.54, 1.807) is 4.90 Å². The van der Waals surface area contributed by atoms with E-state index in [2.05, 4.69) is 42.8 Å². The van der Waals surface area contributed by atoms with Crippen LogP contribution in [0.5, 0.6) is 0 Å². The van der Waals surface area contributed by atoms with Gasteiger partial charge in [0.25, 0.3) is 0 Å². The van der Waals surface area contributed by atoms with E-state index < -0.39 is 0 Å². The van der Waals surface area contributed by atoms with Crippen LogP contribution in [0.1, 0.15) is 11.1 Å². The number of hydrogen-bond donors (Lipinski definition) is 1. The molecule has 1 amide bonds. The highest BCUT2D eigenvalue weighted by atomic mass is 32.1. The number of hydrogen-bond acceptors (Lipinski definition) is 3. The fraction of sp³-hybridized carbons (Fsp3) is 0.500. The van der Waals surface area contributed by atoms with Gasteiger partial charge in [-0.3, -0.25) is 4.79 Å². The molecular weight excluding hydrogens is 244 g/mol. The van der Waals surface area contributed by atoms with Crippen LogP contribution >= 0.6 is 12.6 Å². The summed E-state index contributed by atoms with van der Waals surface area (Å²) in [4.78, 5) is 15.6. The second-order valence-electron chi connectivity index (χ2n) is 4.87. The monoisotopic (exact) mass is 264 g/mol. The molecule has 0 aromatic heterocycles. The minimum absolute atomic E-state index is 0.189. The number of benzene rings is 1. The van der Waals surface area contributed by atoms with Crippen molar-refractivity contribution < 1.29 is 4.79 Å². The van der Waals surface area contributed by atoms with Crippen molar-refractivity contribution in [2.24, 2.45) is 0 Å². The van der Waals surface area contributed by atoms with Gasteiger partial charge in [-0.05, 0) is 30.7 Å². The van der Waals surface area contributed by atoms with Gasteiger partial charge < -0.3 is 9.80 Å². The van der Waals surface area contributed by atoms with Gasteiger partial charge >= 0.3 is 0 Å². The molecule has 1 aliphatic heterocycles. The molecule has 1 heterocycles. The number of rotatable bonds is 5. The highest BCUT2D eigenvalue weighted by Gasteiger charge is 2.23. The van der Waals surface area contributed by atoms with Crippen molar-refractivity contribution in [3.63, 3.8) is 0 Å². The standard InChI is InChI=1S/C14H20N2OS/c1-15(7-8-18)6-5-11-3-4-13-12(9-11)10-14(17)16(13)2/h3-4,9,18H,5-8,10H2,1-2H3. The fourth-order valence-electron chi connectivity index (χ4n) is 2.28. The summed E-state index contributed by atoms with van der Waals surface area (Å²) >= 11 is 4.23. The lowest BCUT2D eigenvalue weighted by Crippen LogP contribution is -2.23. The molecule has 1 aliphatic rings. The molecule has 0 radical (unpaired) electrons. The van der Waals surface area contributed by atoms with Crippen LogP contribution in [0.2, 0.25) is 0 Å². The Kier molecular flexibility index (Phi) is 4.30. The topological polar surface area (TPSA) is 23.6 Å². The fourth-order valence-corrected chi connectivity index (χ4v) is 2.62. The first-order valence-electron chi connectivity index (χ1n) is 6.29. The number of carbonyl (C=O) groups is 1. The van der Waals surface area contributed by atoms with Gasteiger partial charge in [0.15, 0.2) is 0 Å². The summed E-state index contributed by atoms with van der Waals surface area (Å²) in [6.07, 6.45) is 1.57. The molecule has 0 atom stereocenters. The van der Waals surface area contributed by atoms with E-state index in [4.69, 9.17) is 0 Å². The zero-order valence-electron chi connectivity index (χ0n) is 11.0. The van der Waals surface area contributed by atoms with Crippen molar-refractivity contribution in [3.05, 3.63) is 29.3 Å². The third-order valence-corrected chi connectivity index (χ3v) is 3.68. The highest BCUT2D eigenvalue weighted by molar-refractivity contribution is 7.80. The van der Waals surface area contributed by atoms with Crippen LogP contribution < -0.4 is 4.90 Å². The van der Waals surface area contributed by atoms with Gasteiger partial charge in [-0.1, -0.05) is 12.1 Å². The summed E-state index contributed by atoms with van der Waals surface area (Å²) in [5.41, 5.74) is 3.53. The number of amides is 1. The number of carbonyl (C=O) groups excluding carboxylic acids is 1. The van der Waals surface area contributed by atoms with Crippen LogP contribution in [0.3, 0.4) is 0 Å². The first kappa shape index (κ1) is 13.4. The van der Waals surface area contributed by atoms with Gasteiger partial charge in [0.1, 0.15) is 0 Å². The van der Waals surface area contributed by atoms with E-state index in [1.807, 2.05) is 7.05 Å². The Morgan fingerprint density at radius 3 is 2.89 bits per heavy atom. The number of thiol groups is 1. The second kappa shape index (κ2) is 5.76. The third kappa shape index (κ3) is 2.87. The molecule has 0 unspecified atom stereocenters. The number of likely N-dealkylation sites (N-methyl/N-ethyl adjacent to an activating group) is 2. The zero-order chi connectivity index (χ0) is 13.1. The van der Waals surface area contributed by atoms with Crippen LogP contribution in [0.4, 0.5) is 5.69 Å². The first-order chi connectivity index (χ1) is 8.61. The van der Waals surface area contributed by atoms with E-state index in [0.717, 1.165) is 36.5 Å². The van der Waals surface area contributed by atoms with E-state index in [-0.39, 0.29) is 5.91 Å². The minimum atomic E-state index is 0.189. The SMILES string of the molecule is CN(CCS)CCc1ccc2c(c1)CC(=O)N2C. The Hall–Kier alpha value is -1.00. The molecule has 1 aromatic rings. The van der Waals surface area contributed by atoms with Crippen molar-refractivity contribution in [1.82, 2.24) is 4.90 Å². The minimum Gasteiger partial charge on any atom is -0.315 e. The Balaban J connectivity index is 2.00. The van der Waals surface area contributed by atoms with Gasteiger partial charge in [-0.2, -0.15) is 12.6 Å². The predicted octanol–water partition coefficient (Wildman–Crippen LogP) is 1.61. The summed E-state index contributed by atoms with van der Waals surface area (Å²) in [6, 6.07) is 6.36. The normalized spacial score (nSPS) is 14.4. The van der Waals surface area contributed by atoms with Crippen LogP contribution in [-0.4, -0.2) is 43.7 Å². The molecule has 4 heteroatoms. The molecule has 0 spiro atoms. The summed E-state index contributed by atoms with van der Waals surface area (Å²) < 4.78 is 0. The Morgan fingerprint density at radius 1 is 1.39 bits per heavy atom. The molecule has 0 fully saturated rings. The molecule has 0 aliphatic carbocycles. The molecule has 0 saturated carbocycles. The maximum Gasteiger partial charge on any atom is 0.231 e. The van der Waals surface area contributed by atoms with Crippen molar-refractivity contribution in [1.29, 1.82) is 0 Å². The van der Waals surface area contributed by atoms with E-state index >= 15 is 0 Å². The third-order valence-electron chi connectivity index (χ3n) is 3.48. The average molecular weight is 264 g/mol. The lowest BCUT2D eigenvalue weighted by atomic mass is 10.1. The molecule has 3 nitrogen and oxygen atoms in total. The number of anilines is 1. The largest absolute Gasteiger partial charge is 0.315 e. The van der Waals surface area contributed by atoms with Crippen molar-refractivity contribution in [2.45, 2.75) is 12.8 Å². The molecular formula is C14H20N2OS. The van der Waals surface area contributed by atoms with Crippen LogP contribution in [0.25, 0.3) is 0 Å². The van der Waals surface area contributed by atoms with E-state index in [0.29, 0.717) is 6.42 Å². The zero-order valence-corrected chi connectivity index (χ0v) is 11.9. The molecule has 1 aromatic carbocycles. The molecule has 0 bridgehead atoms. The Morgan fingerprint density at radius 2 is 2.17 bits per heavy atom. The van der Waals surface area contributed by atoms with Gasteiger partial charge in [-0.15, -0.1) is 0 Å². The summed E-state index contributed by atoms with van der Waals surface area (Å²) in [6.45, 7) is 2.04. The van der Waals surface area contributed by atoms with Gasteiger partial charge in [0.2, 0.25) is 5.91 Å². The first-order valence-corrected chi connectivity index (χ1v) is 6.93. The second-order valence-corrected chi connectivity index (χ2v) is 5.32. The molecule has 0 saturated heterocycles. The maximum atomic E-state index is 11.6. The van der Waals surface area contributed by atoms with E-state index in [9.17, 15) is 4.79 Å². The number of nitrogens with zero attached hydrogens (tertiary/aromatic N) is 2. The lowest BCUT2D eigenvalue weighted by molar-refractivity contribution is -0.117. The Labute approximate surface area is 114 Å². The van der Waals surface area contributed by atoms with Gasteiger partial charge in [-0.25, -0.2) is 0 Å².